The van der Waals surface area contributed by atoms with E-state index in [1.807, 2.05) is 23.1 Å². The summed E-state index contributed by atoms with van der Waals surface area (Å²) in [7, 11) is 0. The van der Waals surface area contributed by atoms with Crippen molar-refractivity contribution in [2.75, 3.05) is 31.5 Å². The number of hydrogen-bond donors (Lipinski definition) is 1. The highest BCUT2D eigenvalue weighted by atomic mass is 19.4. The summed E-state index contributed by atoms with van der Waals surface area (Å²) in [6, 6.07) is 18.7. The van der Waals surface area contributed by atoms with Crippen LogP contribution in [0.2, 0.25) is 0 Å². The minimum Gasteiger partial charge on any atom is -0.385 e. The molecule has 1 fully saturated rings. The highest BCUT2D eigenvalue weighted by Crippen LogP contribution is 2.38. The number of hydrogen-bond acceptors (Lipinski definition) is 2. The molecule has 1 aliphatic rings. The molecule has 2 aromatic rings. The van der Waals surface area contributed by atoms with Crippen LogP contribution in [0.25, 0.3) is 11.1 Å². The summed E-state index contributed by atoms with van der Waals surface area (Å²) >= 11 is 0. The fraction of sp³-hybridized carbons (Fsp3) is 0.478. The van der Waals surface area contributed by atoms with Gasteiger partial charge in [0, 0.05) is 18.8 Å². The monoisotopic (exact) mass is 390 g/mol. The van der Waals surface area contributed by atoms with Gasteiger partial charge in [-0.3, -0.25) is 0 Å². The van der Waals surface area contributed by atoms with Crippen LogP contribution in [0.5, 0.6) is 0 Å². The minimum absolute atomic E-state index is 0.0809. The maximum atomic E-state index is 13.1. The van der Waals surface area contributed by atoms with E-state index in [0.717, 1.165) is 38.2 Å². The molecular formula is C23H29F3N2. The molecule has 3 rings (SSSR count). The lowest BCUT2D eigenvalue weighted by Crippen LogP contribution is -2.46. The first-order chi connectivity index (χ1) is 13.2. The van der Waals surface area contributed by atoms with Crippen molar-refractivity contribution in [3.05, 3.63) is 54.6 Å². The van der Waals surface area contributed by atoms with Crippen molar-refractivity contribution in [3.8, 4) is 11.1 Å². The van der Waals surface area contributed by atoms with Gasteiger partial charge in [0.05, 0.1) is 5.41 Å². The number of nitrogens with one attached hydrogen (secondary N) is 1. The Balaban J connectivity index is 1.44. The average molecular weight is 390 g/mol. The molecule has 28 heavy (non-hydrogen) atoms. The second-order valence-electron chi connectivity index (χ2n) is 8.43. The summed E-state index contributed by atoms with van der Waals surface area (Å²) in [5, 5.41) is 3.48. The predicted molar refractivity (Wildman–Crippen MR) is 109 cm³/mol. The fourth-order valence-electron chi connectivity index (χ4n) is 3.67. The zero-order valence-corrected chi connectivity index (χ0v) is 16.6. The number of nitrogens with zero attached hydrogens (tertiary/aromatic N) is 1. The lowest BCUT2D eigenvalue weighted by Gasteiger charge is -2.38. The zero-order chi connectivity index (χ0) is 20.2. The van der Waals surface area contributed by atoms with Crippen LogP contribution in [0, 0.1) is 11.3 Å². The third-order valence-electron chi connectivity index (χ3n) is 5.68. The van der Waals surface area contributed by atoms with Crippen LogP contribution in [-0.4, -0.2) is 37.3 Å². The van der Waals surface area contributed by atoms with Crippen molar-refractivity contribution in [2.24, 2.45) is 11.3 Å². The number of anilines is 1. The Hall–Kier alpha value is -2.01. The first kappa shape index (κ1) is 20.7. The molecule has 1 heterocycles. The average Bonchev–Trinajstić information content (AvgIpc) is 2.67. The highest BCUT2D eigenvalue weighted by Gasteiger charge is 2.48. The number of halogens is 3. The van der Waals surface area contributed by atoms with Gasteiger partial charge in [-0.25, -0.2) is 0 Å². The molecule has 1 aliphatic heterocycles. The third-order valence-corrected chi connectivity index (χ3v) is 5.68. The van der Waals surface area contributed by atoms with Crippen LogP contribution in [0.3, 0.4) is 0 Å². The van der Waals surface area contributed by atoms with Crippen molar-refractivity contribution < 1.29 is 13.2 Å². The Labute approximate surface area is 165 Å². The molecule has 5 heteroatoms. The van der Waals surface area contributed by atoms with Gasteiger partial charge in [0.25, 0.3) is 0 Å². The van der Waals surface area contributed by atoms with E-state index in [1.165, 1.54) is 25.0 Å². The molecule has 0 spiro atoms. The first-order valence-corrected chi connectivity index (χ1v) is 9.93. The molecule has 1 saturated heterocycles. The summed E-state index contributed by atoms with van der Waals surface area (Å²) in [6.45, 7) is 5.00. The number of alkyl halides is 3. The molecule has 152 valence electrons. The molecule has 0 aliphatic carbocycles. The summed E-state index contributed by atoms with van der Waals surface area (Å²) in [4.78, 5) is 1.96. The maximum Gasteiger partial charge on any atom is 0.395 e. The zero-order valence-electron chi connectivity index (χ0n) is 16.6. The van der Waals surface area contributed by atoms with Gasteiger partial charge in [0.15, 0.2) is 0 Å². The van der Waals surface area contributed by atoms with Crippen LogP contribution >= 0.6 is 0 Å². The third kappa shape index (κ3) is 5.28. The number of piperidine rings is 1. The minimum atomic E-state index is -4.16. The Bertz CT molecular complexity index is 731. The van der Waals surface area contributed by atoms with Gasteiger partial charge in [-0.1, -0.05) is 42.5 Å². The predicted octanol–water partition coefficient (Wildman–Crippen LogP) is 6.07. The van der Waals surface area contributed by atoms with E-state index in [1.54, 1.807) is 0 Å². The Kier molecular flexibility index (Phi) is 6.33. The van der Waals surface area contributed by atoms with Gasteiger partial charge < -0.3 is 10.2 Å². The standard InChI is InChI=1S/C23H29F3N2/c1-22(2,23(24,25)26)17-28-14-12-18(13-15-28)16-27-21-10-8-20(9-11-21)19-6-4-3-5-7-19/h3-11,18,27H,12-17H2,1-2H3. The number of benzene rings is 2. The quantitative estimate of drug-likeness (QED) is 0.644. The van der Waals surface area contributed by atoms with Crippen LogP contribution < -0.4 is 5.32 Å². The highest BCUT2D eigenvalue weighted by molar-refractivity contribution is 5.65. The van der Waals surface area contributed by atoms with E-state index in [9.17, 15) is 13.2 Å². The molecule has 0 unspecified atom stereocenters. The van der Waals surface area contributed by atoms with Gasteiger partial charge in [0.2, 0.25) is 0 Å². The van der Waals surface area contributed by atoms with Gasteiger partial charge >= 0.3 is 6.18 Å². The van der Waals surface area contributed by atoms with E-state index < -0.39 is 11.6 Å². The lowest BCUT2D eigenvalue weighted by molar-refractivity contribution is -0.217. The second kappa shape index (κ2) is 8.56. The van der Waals surface area contributed by atoms with Crippen LogP contribution in [0.15, 0.2) is 54.6 Å². The summed E-state index contributed by atoms with van der Waals surface area (Å²) in [6.07, 6.45) is -2.29. The van der Waals surface area contributed by atoms with Gasteiger partial charge in [-0.15, -0.1) is 0 Å². The van der Waals surface area contributed by atoms with Gasteiger partial charge in [0.1, 0.15) is 0 Å². The fourth-order valence-corrected chi connectivity index (χ4v) is 3.67. The van der Waals surface area contributed by atoms with Crippen molar-refractivity contribution in [1.82, 2.24) is 4.90 Å². The van der Waals surface area contributed by atoms with Crippen molar-refractivity contribution in [1.29, 1.82) is 0 Å². The van der Waals surface area contributed by atoms with Crippen molar-refractivity contribution in [2.45, 2.75) is 32.9 Å². The summed E-state index contributed by atoms with van der Waals surface area (Å²) < 4.78 is 39.2. The topological polar surface area (TPSA) is 15.3 Å². The first-order valence-electron chi connectivity index (χ1n) is 9.93. The maximum absolute atomic E-state index is 13.1. The molecule has 0 aromatic heterocycles. The molecule has 0 atom stereocenters. The molecule has 0 radical (unpaired) electrons. The Morgan fingerprint density at radius 2 is 1.46 bits per heavy atom. The van der Waals surface area contributed by atoms with Crippen LogP contribution in [0.1, 0.15) is 26.7 Å². The number of rotatable bonds is 6. The van der Waals surface area contributed by atoms with Gasteiger partial charge in [-0.2, -0.15) is 13.2 Å². The SMILES string of the molecule is CC(C)(CN1CCC(CNc2ccc(-c3ccccc3)cc2)CC1)C(F)(F)F. The molecule has 0 saturated carbocycles. The lowest BCUT2D eigenvalue weighted by atomic mass is 9.89. The van der Waals surface area contributed by atoms with Gasteiger partial charge in [-0.05, 0) is 69.0 Å². The van der Waals surface area contributed by atoms with E-state index in [4.69, 9.17) is 0 Å². The van der Waals surface area contributed by atoms with E-state index in [2.05, 4.69) is 41.7 Å². The summed E-state index contributed by atoms with van der Waals surface area (Å²) in [5.74, 6) is 0.499. The number of likely N-dealkylation sites (tertiary alicyclic amines) is 1. The smallest absolute Gasteiger partial charge is 0.385 e. The van der Waals surface area contributed by atoms with E-state index in [-0.39, 0.29) is 6.54 Å². The molecule has 2 aromatic carbocycles. The normalized spacial score (nSPS) is 16.9. The molecule has 0 amide bonds. The van der Waals surface area contributed by atoms with Crippen LogP contribution in [0.4, 0.5) is 18.9 Å². The molecule has 0 bridgehead atoms. The Morgan fingerprint density at radius 1 is 0.893 bits per heavy atom. The molecule has 2 nitrogen and oxygen atoms in total. The summed E-state index contributed by atoms with van der Waals surface area (Å²) in [5.41, 5.74) is 1.81. The second-order valence-corrected chi connectivity index (χ2v) is 8.43. The molecule has 1 N–H and O–H groups in total. The van der Waals surface area contributed by atoms with Crippen molar-refractivity contribution >= 4 is 5.69 Å². The van der Waals surface area contributed by atoms with E-state index in [0.29, 0.717) is 5.92 Å². The Morgan fingerprint density at radius 3 is 2.04 bits per heavy atom. The largest absolute Gasteiger partial charge is 0.395 e. The van der Waals surface area contributed by atoms with E-state index >= 15 is 0 Å². The van der Waals surface area contributed by atoms with Crippen LogP contribution in [-0.2, 0) is 0 Å². The van der Waals surface area contributed by atoms with Crippen molar-refractivity contribution in [3.63, 3.8) is 0 Å². The molecular weight excluding hydrogens is 361 g/mol.